The van der Waals surface area contributed by atoms with Crippen LogP contribution in [0.15, 0.2) is 42.5 Å². The topological polar surface area (TPSA) is 32.3 Å². The molecule has 1 aliphatic heterocycles. The minimum atomic E-state index is 0.160. The van der Waals surface area contributed by atoms with Crippen molar-refractivity contribution in [2.45, 2.75) is 58.7 Å². The first-order valence-electron chi connectivity index (χ1n) is 9.76. The average molecular weight is 385 g/mol. The summed E-state index contributed by atoms with van der Waals surface area (Å²) in [6.45, 7) is 7.46. The van der Waals surface area contributed by atoms with E-state index in [2.05, 4.69) is 49.5 Å². The Balaban J connectivity index is 1.79. The molecule has 0 aromatic heterocycles. The molecule has 1 aliphatic rings. The van der Waals surface area contributed by atoms with E-state index in [1.165, 1.54) is 16.7 Å². The average Bonchev–Trinajstić information content (AvgIpc) is 2.62. The van der Waals surface area contributed by atoms with Gasteiger partial charge in [-0.2, -0.15) is 0 Å². The highest BCUT2D eigenvalue weighted by Gasteiger charge is 2.32. The van der Waals surface area contributed by atoms with Crippen molar-refractivity contribution in [1.82, 2.24) is 10.2 Å². The first-order chi connectivity index (χ1) is 13.0. The van der Waals surface area contributed by atoms with Crippen molar-refractivity contribution >= 4 is 17.5 Å². The van der Waals surface area contributed by atoms with Gasteiger partial charge in [-0.05, 0) is 55.9 Å². The summed E-state index contributed by atoms with van der Waals surface area (Å²) in [6, 6.07) is 15.1. The van der Waals surface area contributed by atoms with Crippen LogP contribution in [0.1, 0.15) is 42.0 Å². The maximum atomic E-state index is 12.3. The number of halogens is 1. The number of nitrogens with zero attached hydrogens (tertiary/aromatic N) is 1. The van der Waals surface area contributed by atoms with Crippen LogP contribution < -0.4 is 5.32 Å². The smallest absolute Gasteiger partial charge is 0.219 e. The third-order valence-corrected chi connectivity index (χ3v) is 5.96. The van der Waals surface area contributed by atoms with E-state index in [-0.39, 0.29) is 18.0 Å². The lowest BCUT2D eigenvalue weighted by molar-refractivity contribution is -0.133. The van der Waals surface area contributed by atoms with Crippen molar-refractivity contribution in [2.24, 2.45) is 0 Å². The summed E-state index contributed by atoms with van der Waals surface area (Å²) in [5, 5.41) is 4.51. The number of aryl methyl sites for hydroxylation is 2. The zero-order chi connectivity index (χ0) is 19.4. The standard InChI is InChI=1S/C23H29ClN2O/c1-16-7-4-9-19(13-16)14-23-22(11-6-12-26(23)18(3)27)25-15-20-17(2)8-5-10-21(20)24/h4-5,7-10,13,22-23,25H,6,11-12,14-15H2,1-3H3/t22-,23-/m0/s1. The van der Waals surface area contributed by atoms with Crippen molar-refractivity contribution in [3.63, 3.8) is 0 Å². The van der Waals surface area contributed by atoms with Gasteiger partial charge in [-0.1, -0.05) is 53.6 Å². The van der Waals surface area contributed by atoms with E-state index >= 15 is 0 Å². The molecule has 27 heavy (non-hydrogen) atoms. The predicted octanol–water partition coefficient (Wildman–Crippen LogP) is 4.67. The number of piperidine rings is 1. The summed E-state index contributed by atoms with van der Waals surface area (Å²) in [7, 11) is 0. The monoisotopic (exact) mass is 384 g/mol. The molecule has 0 spiro atoms. The molecule has 4 heteroatoms. The fraction of sp³-hybridized carbons (Fsp3) is 0.435. The van der Waals surface area contributed by atoms with Crippen LogP contribution in [0.2, 0.25) is 5.02 Å². The van der Waals surface area contributed by atoms with Gasteiger partial charge in [0.25, 0.3) is 0 Å². The Morgan fingerprint density at radius 3 is 2.70 bits per heavy atom. The highest BCUT2D eigenvalue weighted by Crippen LogP contribution is 2.24. The first kappa shape index (κ1) is 19.9. The third kappa shape index (κ3) is 4.91. The van der Waals surface area contributed by atoms with Gasteiger partial charge in [0.1, 0.15) is 0 Å². The quantitative estimate of drug-likeness (QED) is 0.812. The van der Waals surface area contributed by atoms with Gasteiger partial charge >= 0.3 is 0 Å². The van der Waals surface area contributed by atoms with Gasteiger partial charge in [0, 0.05) is 31.1 Å². The van der Waals surface area contributed by atoms with E-state index in [9.17, 15) is 4.79 Å². The van der Waals surface area contributed by atoms with Crippen LogP contribution >= 0.6 is 11.6 Å². The Labute approximate surface area is 167 Å². The molecule has 1 N–H and O–H groups in total. The van der Waals surface area contributed by atoms with Gasteiger partial charge in [0.15, 0.2) is 0 Å². The largest absolute Gasteiger partial charge is 0.338 e. The number of nitrogens with one attached hydrogen (secondary N) is 1. The minimum Gasteiger partial charge on any atom is -0.338 e. The number of likely N-dealkylation sites (tertiary alicyclic amines) is 1. The Kier molecular flexibility index (Phi) is 6.56. The Hall–Kier alpha value is -1.84. The lowest BCUT2D eigenvalue weighted by Gasteiger charge is -2.42. The fourth-order valence-electron chi connectivity index (χ4n) is 4.14. The van der Waals surface area contributed by atoms with Gasteiger partial charge in [0.05, 0.1) is 6.04 Å². The summed E-state index contributed by atoms with van der Waals surface area (Å²) in [6.07, 6.45) is 2.98. The molecule has 2 aromatic carbocycles. The van der Waals surface area contributed by atoms with E-state index in [0.717, 1.165) is 42.9 Å². The highest BCUT2D eigenvalue weighted by atomic mass is 35.5. The summed E-state index contributed by atoms with van der Waals surface area (Å²) in [5.41, 5.74) is 4.89. The summed E-state index contributed by atoms with van der Waals surface area (Å²) >= 11 is 6.41. The predicted molar refractivity (Wildman–Crippen MR) is 112 cm³/mol. The molecule has 2 atom stereocenters. The van der Waals surface area contributed by atoms with E-state index in [4.69, 9.17) is 11.6 Å². The Bertz CT molecular complexity index is 784. The molecule has 3 rings (SSSR count). The van der Waals surface area contributed by atoms with Crippen LogP contribution in [0.4, 0.5) is 0 Å². The van der Waals surface area contributed by atoms with Crippen molar-refractivity contribution in [2.75, 3.05) is 6.54 Å². The number of carbonyl (C=O) groups excluding carboxylic acids is 1. The fourth-order valence-corrected chi connectivity index (χ4v) is 4.43. The second-order valence-electron chi connectivity index (χ2n) is 7.64. The number of rotatable bonds is 5. The van der Waals surface area contributed by atoms with E-state index in [1.807, 2.05) is 17.0 Å². The summed E-state index contributed by atoms with van der Waals surface area (Å²) < 4.78 is 0. The van der Waals surface area contributed by atoms with Crippen LogP contribution in [-0.2, 0) is 17.8 Å². The van der Waals surface area contributed by atoms with E-state index in [0.29, 0.717) is 0 Å². The van der Waals surface area contributed by atoms with Gasteiger partial charge in [-0.25, -0.2) is 0 Å². The van der Waals surface area contributed by atoms with Crippen molar-refractivity contribution in [3.05, 3.63) is 69.7 Å². The lowest BCUT2D eigenvalue weighted by atomic mass is 9.90. The van der Waals surface area contributed by atoms with Crippen LogP contribution in [0.5, 0.6) is 0 Å². The van der Waals surface area contributed by atoms with E-state index in [1.54, 1.807) is 6.92 Å². The molecule has 0 saturated carbocycles. The maximum Gasteiger partial charge on any atom is 0.219 e. The molecule has 0 bridgehead atoms. The number of carbonyl (C=O) groups is 1. The Morgan fingerprint density at radius 1 is 1.22 bits per heavy atom. The van der Waals surface area contributed by atoms with Gasteiger partial charge in [0.2, 0.25) is 5.91 Å². The van der Waals surface area contributed by atoms with Crippen LogP contribution in [-0.4, -0.2) is 29.4 Å². The van der Waals surface area contributed by atoms with Gasteiger partial charge in [-0.3, -0.25) is 4.79 Å². The molecule has 1 fully saturated rings. The van der Waals surface area contributed by atoms with Crippen LogP contribution in [0, 0.1) is 13.8 Å². The molecule has 0 aliphatic carbocycles. The Morgan fingerprint density at radius 2 is 2.00 bits per heavy atom. The molecule has 3 nitrogen and oxygen atoms in total. The first-order valence-corrected chi connectivity index (χ1v) is 10.1. The van der Waals surface area contributed by atoms with Gasteiger partial charge < -0.3 is 10.2 Å². The van der Waals surface area contributed by atoms with Crippen LogP contribution in [0.25, 0.3) is 0 Å². The molecule has 0 radical (unpaired) electrons. The lowest BCUT2D eigenvalue weighted by Crippen LogP contribution is -2.56. The molecule has 1 amide bonds. The molecule has 2 aromatic rings. The second-order valence-corrected chi connectivity index (χ2v) is 8.05. The van der Waals surface area contributed by atoms with Gasteiger partial charge in [-0.15, -0.1) is 0 Å². The van der Waals surface area contributed by atoms with Crippen LogP contribution in [0.3, 0.4) is 0 Å². The number of benzene rings is 2. The SMILES string of the molecule is CC(=O)N1CCC[C@H](NCc2c(C)cccc2Cl)[C@@H]1Cc1cccc(C)c1. The highest BCUT2D eigenvalue weighted by molar-refractivity contribution is 6.31. The van der Waals surface area contributed by atoms with Crippen molar-refractivity contribution < 1.29 is 4.79 Å². The number of hydrogen-bond donors (Lipinski definition) is 1. The number of amides is 1. The number of hydrogen-bond acceptors (Lipinski definition) is 2. The van der Waals surface area contributed by atoms with Crippen molar-refractivity contribution in [3.8, 4) is 0 Å². The zero-order valence-corrected chi connectivity index (χ0v) is 17.2. The normalized spacial score (nSPS) is 19.9. The third-order valence-electron chi connectivity index (χ3n) is 5.60. The minimum absolute atomic E-state index is 0.160. The molecule has 0 unspecified atom stereocenters. The summed E-state index contributed by atoms with van der Waals surface area (Å²) in [5.74, 6) is 0.160. The van der Waals surface area contributed by atoms with Crippen molar-refractivity contribution in [1.29, 1.82) is 0 Å². The van der Waals surface area contributed by atoms with E-state index < -0.39 is 0 Å². The molecular weight excluding hydrogens is 356 g/mol. The summed E-state index contributed by atoms with van der Waals surface area (Å²) in [4.78, 5) is 14.3. The zero-order valence-electron chi connectivity index (χ0n) is 16.5. The second kappa shape index (κ2) is 8.90. The molecule has 144 valence electrons. The molecule has 1 saturated heterocycles. The molecule has 1 heterocycles. The molecular formula is C23H29ClN2O. The maximum absolute atomic E-state index is 12.3.